The van der Waals surface area contributed by atoms with Crippen LogP contribution in [0.2, 0.25) is 0 Å². The van der Waals surface area contributed by atoms with Crippen molar-refractivity contribution in [1.82, 2.24) is 0 Å². The zero-order valence-corrected chi connectivity index (χ0v) is 11.2. The van der Waals surface area contributed by atoms with Gasteiger partial charge in [-0.05, 0) is 37.0 Å². The van der Waals surface area contributed by atoms with Gasteiger partial charge in [0, 0.05) is 5.57 Å². The van der Waals surface area contributed by atoms with Crippen LogP contribution in [-0.2, 0) is 9.53 Å². The van der Waals surface area contributed by atoms with Crippen LogP contribution in [0.3, 0.4) is 0 Å². The number of ether oxygens (including phenoxy) is 1. The van der Waals surface area contributed by atoms with Crippen molar-refractivity contribution < 1.29 is 9.53 Å². The van der Waals surface area contributed by atoms with Gasteiger partial charge in [-0.1, -0.05) is 34.3 Å². The lowest BCUT2D eigenvalue weighted by atomic mass is 9.64. The fourth-order valence-corrected chi connectivity index (χ4v) is 2.44. The lowest BCUT2D eigenvalue weighted by molar-refractivity contribution is -0.152. The highest BCUT2D eigenvalue weighted by Crippen LogP contribution is 2.44. The molecule has 0 aliphatic heterocycles. The van der Waals surface area contributed by atoms with Crippen LogP contribution >= 0.6 is 0 Å². The zero-order chi connectivity index (χ0) is 12.5. The third-order valence-corrected chi connectivity index (χ3v) is 4.29. The number of hydrogen-bond acceptors (Lipinski definition) is 2. The minimum absolute atomic E-state index is 0.0622. The highest BCUT2D eigenvalue weighted by Gasteiger charge is 2.40. The molecule has 1 saturated carbocycles. The molecule has 0 N–H and O–H groups in total. The zero-order valence-electron chi connectivity index (χ0n) is 11.2. The number of carbonyl (C=O) groups is 1. The maximum absolute atomic E-state index is 11.5. The summed E-state index contributed by atoms with van der Waals surface area (Å²) in [6.07, 6.45) is 2.15. The van der Waals surface area contributed by atoms with E-state index in [0.717, 1.165) is 12.8 Å². The molecular formula is C14H24O2. The summed E-state index contributed by atoms with van der Waals surface area (Å²) in [5.41, 5.74) is 0.843. The van der Waals surface area contributed by atoms with Crippen molar-refractivity contribution in [3.8, 4) is 0 Å². The molecule has 0 aromatic rings. The van der Waals surface area contributed by atoms with Crippen LogP contribution in [0.1, 0.15) is 47.5 Å². The molecule has 1 fully saturated rings. The summed E-state index contributed by atoms with van der Waals surface area (Å²) < 4.78 is 5.49. The second-order valence-corrected chi connectivity index (χ2v) is 5.90. The van der Waals surface area contributed by atoms with Crippen LogP contribution in [-0.4, -0.2) is 12.1 Å². The van der Waals surface area contributed by atoms with Crippen molar-refractivity contribution in [2.75, 3.05) is 0 Å². The molecule has 0 aromatic carbocycles. The van der Waals surface area contributed by atoms with E-state index < -0.39 is 0 Å². The predicted octanol–water partition coefficient (Wildman–Crippen LogP) is 3.57. The van der Waals surface area contributed by atoms with Crippen molar-refractivity contribution in [2.24, 2.45) is 17.3 Å². The van der Waals surface area contributed by atoms with E-state index in [1.165, 1.54) is 0 Å². The second-order valence-electron chi connectivity index (χ2n) is 5.90. The fourth-order valence-electron chi connectivity index (χ4n) is 2.44. The van der Waals surface area contributed by atoms with Gasteiger partial charge in [0.15, 0.2) is 0 Å². The molecule has 16 heavy (non-hydrogen) atoms. The molecule has 0 spiro atoms. The standard InChI is InChI=1S/C14H24O2/c1-9(2)13(15)16-12-7-8-14(5,6)11(4)10(12)3/h10-12H,1,7-8H2,2-6H3. The van der Waals surface area contributed by atoms with Crippen molar-refractivity contribution in [3.05, 3.63) is 12.2 Å². The summed E-state index contributed by atoms with van der Waals surface area (Å²) in [7, 11) is 0. The highest BCUT2D eigenvalue weighted by molar-refractivity contribution is 5.87. The van der Waals surface area contributed by atoms with Crippen LogP contribution in [0.4, 0.5) is 0 Å². The van der Waals surface area contributed by atoms with Gasteiger partial charge in [-0.15, -0.1) is 0 Å². The fraction of sp³-hybridized carbons (Fsp3) is 0.786. The Labute approximate surface area is 99.1 Å². The van der Waals surface area contributed by atoms with Crippen LogP contribution in [0.25, 0.3) is 0 Å². The van der Waals surface area contributed by atoms with Gasteiger partial charge in [0.05, 0.1) is 0 Å². The Morgan fingerprint density at radius 2 is 1.94 bits per heavy atom. The predicted molar refractivity (Wildman–Crippen MR) is 66.0 cm³/mol. The summed E-state index contributed by atoms with van der Waals surface area (Å²) in [5.74, 6) is 0.750. The Balaban J connectivity index is 2.65. The molecule has 1 aliphatic rings. The van der Waals surface area contributed by atoms with Crippen LogP contribution in [0.5, 0.6) is 0 Å². The topological polar surface area (TPSA) is 26.3 Å². The molecule has 3 unspecified atom stereocenters. The monoisotopic (exact) mass is 224 g/mol. The largest absolute Gasteiger partial charge is 0.459 e. The molecule has 0 bridgehead atoms. The lowest BCUT2D eigenvalue weighted by Crippen LogP contribution is -2.41. The highest BCUT2D eigenvalue weighted by atomic mass is 16.5. The van der Waals surface area contributed by atoms with E-state index in [4.69, 9.17) is 4.74 Å². The van der Waals surface area contributed by atoms with Gasteiger partial charge >= 0.3 is 5.97 Å². The molecule has 0 amide bonds. The smallest absolute Gasteiger partial charge is 0.333 e. The van der Waals surface area contributed by atoms with E-state index in [2.05, 4.69) is 34.3 Å². The first-order valence-electron chi connectivity index (χ1n) is 6.12. The number of rotatable bonds is 2. The third-order valence-electron chi connectivity index (χ3n) is 4.29. The maximum Gasteiger partial charge on any atom is 0.333 e. The van der Waals surface area contributed by atoms with Crippen molar-refractivity contribution in [3.63, 3.8) is 0 Å². The van der Waals surface area contributed by atoms with E-state index in [1.807, 2.05) is 0 Å². The van der Waals surface area contributed by atoms with Crippen LogP contribution in [0, 0.1) is 17.3 Å². The van der Waals surface area contributed by atoms with Crippen molar-refractivity contribution >= 4 is 5.97 Å². The third kappa shape index (κ3) is 2.66. The molecular weight excluding hydrogens is 200 g/mol. The van der Waals surface area contributed by atoms with Gasteiger partial charge in [0.1, 0.15) is 6.10 Å². The minimum atomic E-state index is -0.247. The number of hydrogen-bond donors (Lipinski definition) is 0. The normalized spacial score (nSPS) is 33.2. The Bertz CT molecular complexity index is 291. The SMILES string of the molecule is C=C(C)C(=O)OC1CCC(C)(C)C(C)C1C. The van der Waals surface area contributed by atoms with E-state index in [0.29, 0.717) is 22.8 Å². The summed E-state index contributed by atoms with van der Waals surface area (Å²) in [6, 6.07) is 0. The van der Waals surface area contributed by atoms with Gasteiger partial charge in [0.25, 0.3) is 0 Å². The molecule has 0 heterocycles. The molecule has 92 valence electrons. The minimum Gasteiger partial charge on any atom is -0.459 e. The number of esters is 1. The van der Waals surface area contributed by atoms with Crippen LogP contribution in [0.15, 0.2) is 12.2 Å². The van der Waals surface area contributed by atoms with E-state index >= 15 is 0 Å². The summed E-state index contributed by atoms with van der Waals surface area (Å²) in [5, 5.41) is 0. The molecule has 1 rings (SSSR count). The summed E-state index contributed by atoms with van der Waals surface area (Å²) in [6.45, 7) is 14.3. The van der Waals surface area contributed by atoms with Crippen LogP contribution < -0.4 is 0 Å². The van der Waals surface area contributed by atoms with Gasteiger partial charge in [0.2, 0.25) is 0 Å². The Morgan fingerprint density at radius 1 is 1.38 bits per heavy atom. The Kier molecular flexibility index (Phi) is 3.82. The Hall–Kier alpha value is -0.790. The second kappa shape index (κ2) is 4.60. The average Bonchev–Trinajstić information content (AvgIpc) is 2.19. The van der Waals surface area contributed by atoms with Gasteiger partial charge in [-0.25, -0.2) is 4.79 Å². The van der Waals surface area contributed by atoms with Gasteiger partial charge in [-0.2, -0.15) is 0 Å². The summed E-state index contributed by atoms with van der Waals surface area (Å²) >= 11 is 0. The molecule has 1 aliphatic carbocycles. The molecule has 0 radical (unpaired) electrons. The molecule has 2 heteroatoms. The molecule has 2 nitrogen and oxygen atoms in total. The van der Waals surface area contributed by atoms with Gasteiger partial charge in [-0.3, -0.25) is 0 Å². The molecule has 0 aromatic heterocycles. The quantitative estimate of drug-likeness (QED) is 0.529. The maximum atomic E-state index is 11.5. The Morgan fingerprint density at radius 3 is 2.44 bits per heavy atom. The first-order chi connectivity index (χ1) is 7.25. The lowest BCUT2D eigenvalue weighted by Gasteiger charge is -2.44. The van der Waals surface area contributed by atoms with Crippen molar-refractivity contribution in [2.45, 2.75) is 53.6 Å². The van der Waals surface area contributed by atoms with Crippen molar-refractivity contribution in [1.29, 1.82) is 0 Å². The molecule has 0 saturated heterocycles. The van der Waals surface area contributed by atoms with Gasteiger partial charge < -0.3 is 4.74 Å². The van der Waals surface area contributed by atoms with E-state index in [1.54, 1.807) is 6.92 Å². The molecule has 3 atom stereocenters. The van der Waals surface area contributed by atoms with E-state index in [-0.39, 0.29) is 12.1 Å². The number of carbonyl (C=O) groups excluding carboxylic acids is 1. The average molecular weight is 224 g/mol. The van der Waals surface area contributed by atoms with E-state index in [9.17, 15) is 4.79 Å². The first-order valence-corrected chi connectivity index (χ1v) is 6.12. The first kappa shape index (κ1) is 13.3. The summed E-state index contributed by atoms with van der Waals surface area (Å²) in [4.78, 5) is 11.5.